The van der Waals surface area contributed by atoms with Gasteiger partial charge in [0.15, 0.2) is 5.78 Å². The first-order chi connectivity index (χ1) is 15.6. The number of ether oxygens (including phenoxy) is 1. The first-order valence-electron chi connectivity index (χ1n) is 9.79. The van der Waals surface area contributed by atoms with Gasteiger partial charge in [0.25, 0.3) is 0 Å². The minimum Gasteiger partial charge on any atom is -0.464 e. The fraction of sp³-hybridized carbons (Fsp3) is 0.0385. The lowest BCUT2D eigenvalue weighted by atomic mass is 10.0. The molecule has 0 saturated carbocycles. The van der Waals surface area contributed by atoms with Crippen molar-refractivity contribution in [1.82, 2.24) is 5.43 Å². The Hall–Kier alpha value is -4.32. The van der Waals surface area contributed by atoms with E-state index in [1.54, 1.807) is 12.1 Å². The molecular formula is C26H21FN2O3. The molecule has 0 aliphatic heterocycles. The Morgan fingerprint density at radius 3 is 1.97 bits per heavy atom. The molecule has 160 valence electrons. The third-order valence-corrected chi connectivity index (χ3v) is 4.38. The molecule has 0 unspecified atom stereocenters. The predicted octanol–water partition coefficient (Wildman–Crippen LogP) is 4.51. The largest absolute Gasteiger partial charge is 0.464 e. The number of hydrazone groups is 1. The number of methoxy groups -OCH3 is 1. The molecule has 0 spiro atoms. The van der Waals surface area contributed by atoms with E-state index in [1.165, 1.54) is 31.4 Å². The van der Waals surface area contributed by atoms with Gasteiger partial charge in [-0.2, -0.15) is 5.10 Å². The lowest BCUT2D eigenvalue weighted by molar-refractivity contribution is -0.136. The summed E-state index contributed by atoms with van der Waals surface area (Å²) in [5, 5.41) is 4.39. The van der Waals surface area contributed by atoms with Crippen LogP contribution in [-0.2, 0) is 14.3 Å². The van der Waals surface area contributed by atoms with Crippen molar-refractivity contribution in [2.24, 2.45) is 5.10 Å². The smallest absolute Gasteiger partial charge is 0.356 e. The maximum absolute atomic E-state index is 13.0. The van der Waals surface area contributed by atoms with Gasteiger partial charge in [0.1, 0.15) is 11.5 Å². The predicted molar refractivity (Wildman–Crippen MR) is 122 cm³/mol. The summed E-state index contributed by atoms with van der Waals surface area (Å²) in [6.07, 6.45) is 3.90. The van der Waals surface area contributed by atoms with E-state index in [1.807, 2.05) is 60.7 Å². The van der Waals surface area contributed by atoms with Crippen LogP contribution in [0.2, 0.25) is 0 Å². The highest BCUT2D eigenvalue weighted by Crippen LogP contribution is 2.11. The molecule has 1 N–H and O–H groups in total. The summed E-state index contributed by atoms with van der Waals surface area (Å²) in [5.74, 6) is -1.56. The van der Waals surface area contributed by atoms with Crippen LogP contribution in [0.1, 0.15) is 16.7 Å². The van der Waals surface area contributed by atoms with Gasteiger partial charge >= 0.3 is 5.97 Å². The highest BCUT2D eigenvalue weighted by molar-refractivity contribution is 6.13. The molecule has 5 nitrogen and oxygen atoms in total. The quantitative estimate of drug-likeness (QED) is 0.248. The average Bonchev–Trinajstić information content (AvgIpc) is 2.84. The number of nitrogens with zero attached hydrogens (tertiary/aromatic N) is 1. The third-order valence-electron chi connectivity index (χ3n) is 4.38. The van der Waals surface area contributed by atoms with E-state index in [9.17, 15) is 14.0 Å². The van der Waals surface area contributed by atoms with E-state index in [4.69, 9.17) is 4.74 Å². The molecule has 6 heteroatoms. The first kappa shape index (κ1) is 22.4. The minimum absolute atomic E-state index is 0.120. The Kier molecular flexibility index (Phi) is 7.81. The average molecular weight is 428 g/mol. The van der Waals surface area contributed by atoms with Crippen LogP contribution in [0, 0.1) is 5.82 Å². The normalized spacial score (nSPS) is 11.1. The molecule has 0 amide bonds. The van der Waals surface area contributed by atoms with Crippen LogP contribution in [0.4, 0.5) is 4.39 Å². The summed E-state index contributed by atoms with van der Waals surface area (Å²) >= 11 is 0. The van der Waals surface area contributed by atoms with Gasteiger partial charge in [-0.05, 0) is 23.8 Å². The van der Waals surface area contributed by atoms with Crippen molar-refractivity contribution < 1.29 is 18.7 Å². The molecule has 0 aliphatic carbocycles. The molecule has 3 aromatic rings. The Bertz CT molecular complexity index is 1110. The number of benzene rings is 3. The van der Waals surface area contributed by atoms with E-state index in [2.05, 4.69) is 10.5 Å². The van der Waals surface area contributed by atoms with Crippen LogP contribution >= 0.6 is 0 Å². The zero-order chi connectivity index (χ0) is 22.8. The molecule has 0 aliphatic rings. The van der Waals surface area contributed by atoms with Crippen molar-refractivity contribution in [3.63, 3.8) is 0 Å². The maximum Gasteiger partial charge on any atom is 0.356 e. The highest BCUT2D eigenvalue weighted by Gasteiger charge is 2.13. The van der Waals surface area contributed by atoms with Gasteiger partial charge in [0, 0.05) is 17.2 Å². The Morgan fingerprint density at radius 2 is 1.44 bits per heavy atom. The SMILES string of the molecule is COC(=O)/C(=C/C(=O)/C=C/c1ccc(F)cc1)NN=C(c1ccccc1)c1ccccc1. The van der Waals surface area contributed by atoms with Crippen molar-refractivity contribution in [1.29, 1.82) is 0 Å². The number of rotatable bonds is 8. The summed E-state index contributed by atoms with van der Waals surface area (Å²) in [7, 11) is 1.22. The molecule has 32 heavy (non-hydrogen) atoms. The van der Waals surface area contributed by atoms with Crippen molar-refractivity contribution >= 4 is 23.5 Å². The standard InChI is InChI=1S/C26H21FN2O3/c1-32-26(31)24(18-23(30)17-14-19-12-15-22(27)16-13-19)28-29-25(20-8-4-2-5-9-20)21-10-6-3-7-11-21/h2-18,28H,1H3/b17-14+,24-18-. The first-order valence-corrected chi connectivity index (χ1v) is 9.79. The minimum atomic E-state index is -0.738. The molecule has 0 fully saturated rings. The summed E-state index contributed by atoms with van der Waals surface area (Å²) in [5.41, 5.74) is 5.46. The van der Waals surface area contributed by atoms with Crippen LogP contribution in [0.25, 0.3) is 6.08 Å². The number of nitrogens with one attached hydrogen (secondary N) is 1. The number of hydrogen-bond acceptors (Lipinski definition) is 5. The van der Waals surface area contributed by atoms with Gasteiger partial charge < -0.3 is 4.74 Å². The van der Waals surface area contributed by atoms with Gasteiger partial charge in [0.2, 0.25) is 0 Å². The molecule has 3 rings (SSSR count). The van der Waals surface area contributed by atoms with Crippen molar-refractivity contribution in [2.75, 3.05) is 7.11 Å². The summed E-state index contributed by atoms with van der Waals surface area (Å²) < 4.78 is 17.8. The van der Waals surface area contributed by atoms with E-state index >= 15 is 0 Å². The number of carbonyl (C=O) groups excluding carboxylic acids is 2. The van der Waals surface area contributed by atoms with E-state index in [0.29, 0.717) is 11.3 Å². The Morgan fingerprint density at radius 1 is 0.875 bits per heavy atom. The highest BCUT2D eigenvalue weighted by atomic mass is 19.1. The monoisotopic (exact) mass is 428 g/mol. The second-order valence-electron chi connectivity index (χ2n) is 6.64. The van der Waals surface area contributed by atoms with Crippen molar-refractivity contribution in [3.05, 3.63) is 125 Å². The van der Waals surface area contributed by atoms with E-state index < -0.39 is 11.8 Å². The summed E-state index contributed by atoms with van der Waals surface area (Å²) in [6.45, 7) is 0. The fourth-order valence-corrected chi connectivity index (χ4v) is 2.79. The van der Waals surface area contributed by atoms with Crippen LogP contribution in [0.15, 0.2) is 108 Å². The van der Waals surface area contributed by atoms with Crippen LogP contribution in [0.5, 0.6) is 0 Å². The van der Waals surface area contributed by atoms with Crippen LogP contribution in [0.3, 0.4) is 0 Å². The topological polar surface area (TPSA) is 67.8 Å². The zero-order valence-corrected chi connectivity index (χ0v) is 17.4. The number of carbonyl (C=O) groups is 2. The van der Waals surface area contributed by atoms with Crippen molar-refractivity contribution in [3.8, 4) is 0 Å². The lowest BCUT2D eigenvalue weighted by Crippen LogP contribution is -2.20. The van der Waals surface area contributed by atoms with E-state index in [-0.39, 0.29) is 11.5 Å². The fourth-order valence-electron chi connectivity index (χ4n) is 2.79. The maximum atomic E-state index is 13.0. The molecule has 0 atom stereocenters. The second-order valence-corrected chi connectivity index (χ2v) is 6.64. The molecule has 0 saturated heterocycles. The molecular weight excluding hydrogens is 407 g/mol. The number of allylic oxidation sites excluding steroid dienone is 2. The van der Waals surface area contributed by atoms with Crippen LogP contribution < -0.4 is 5.43 Å². The Labute approximate surface area is 185 Å². The number of halogens is 1. The molecule has 0 bridgehead atoms. The molecule has 0 heterocycles. The number of esters is 1. The zero-order valence-electron chi connectivity index (χ0n) is 17.4. The second kappa shape index (κ2) is 11.2. The third kappa shape index (κ3) is 6.34. The molecule has 3 aromatic carbocycles. The number of hydrogen-bond donors (Lipinski definition) is 1. The van der Waals surface area contributed by atoms with Gasteiger partial charge in [-0.25, -0.2) is 9.18 Å². The van der Waals surface area contributed by atoms with Gasteiger partial charge in [-0.3, -0.25) is 10.2 Å². The van der Waals surface area contributed by atoms with E-state index in [0.717, 1.165) is 17.2 Å². The Balaban J connectivity index is 1.87. The summed E-state index contributed by atoms with van der Waals surface area (Å²) in [4.78, 5) is 24.6. The number of ketones is 1. The van der Waals surface area contributed by atoms with Gasteiger partial charge in [-0.15, -0.1) is 0 Å². The van der Waals surface area contributed by atoms with Gasteiger partial charge in [-0.1, -0.05) is 78.9 Å². The molecule has 0 radical (unpaired) electrons. The van der Waals surface area contributed by atoms with Crippen LogP contribution in [-0.4, -0.2) is 24.6 Å². The molecule has 0 aromatic heterocycles. The van der Waals surface area contributed by atoms with Crippen molar-refractivity contribution in [2.45, 2.75) is 0 Å². The summed E-state index contributed by atoms with van der Waals surface area (Å²) in [6, 6.07) is 24.6. The lowest BCUT2D eigenvalue weighted by Gasteiger charge is -2.09. The van der Waals surface area contributed by atoms with Gasteiger partial charge in [0.05, 0.1) is 12.8 Å².